The lowest BCUT2D eigenvalue weighted by molar-refractivity contribution is 0.510. The minimum atomic E-state index is 0.528. The summed E-state index contributed by atoms with van der Waals surface area (Å²) in [5, 5.41) is 8.70. The first-order chi connectivity index (χ1) is 9.58. The van der Waals surface area contributed by atoms with Crippen LogP contribution in [0.5, 0.6) is 0 Å². The summed E-state index contributed by atoms with van der Waals surface area (Å²) in [7, 11) is 0. The highest BCUT2D eigenvalue weighted by Crippen LogP contribution is 2.36. The summed E-state index contributed by atoms with van der Waals surface area (Å²) >= 11 is 0. The summed E-state index contributed by atoms with van der Waals surface area (Å²) in [6, 6.07) is 4.76. The van der Waals surface area contributed by atoms with Crippen LogP contribution in [0.3, 0.4) is 0 Å². The second kappa shape index (κ2) is 4.93. The maximum atomic E-state index is 6.28. The lowest BCUT2D eigenvalue weighted by Gasteiger charge is -2.17. The number of benzene rings is 1. The Kier molecular flexibility index (Phi) is 3.24. The van der Waals surface area contributed by atoms with Gasteiger partial charge >= 0.3 is 0 Å². The Balaban J connectivity index is 2.16. The van der Waals surface area contributed by atoms with Gasteiger partial charge in [0, 0.05) is 17.3 Å². The van der Waals surface area contributed by atoms with Crippen molar-refractivity contribution in [3.8, 4) is 11.4 Å². The molecule has 0 radical (unpaired) electrons. The molecule has 0 spiro atoms. The smallest absolute Gasteiger partial charge is 0.166 e. The Hall–Kier alpha value is -1.84. The van der Waals surface area contributed by atoms with E-state index in [4.69, 9.17) is 5.73 Å². The minimum Gasteiger partial charge on any atom is -0.398 e. The molecule has 1 aromatic heterocycles. The second-order valence-electron chi connectivity index (χ2n) is 5.92. The molecule has 0 amide bonds. The third-order valence-electron chi connectivity index (χ3n) is 4.33. The zero-order valence-electron chi connectivity index (χ0n) is 12.5. The fourth-order valence-corrected chi connectivity index (χ4v) is 3.32. The van der Waals surface area contributed by atoms with Gasteiger partial charge in [-0.25, -0.2) is 0 Å². The van der Waals surface area contributed by atoms with Crippen LogP contribution in [0.25, 0.3) is 11.4 Å². The molecule has 20 heavy (non-hydrogen) atoms. The van der Waals surface area contributed by atoms with Crippen LogP contribution >= 0.6 is 0 Å². The number of anilines is 1. The molecule has 0 saturated heterocycles. The molecule has 1 heterocycles. The molecule has 3 rings (SSSR count). The Bertz CT molecular complexity index is 636. The lowest BCUT2D eigenvalue weighted by Crippen LogP contribution is -2.10. The maximum Gasteiger partial charge on any atom is 0.166 e. The third kappa shape index (κ3) is 2.09. The van der Waals surface area contributed by atoms with Gasteiger partial charge in [-0.15, -0.1) is 10.2 Å². The van der Waals surface area contributed by atoms with Crippen LogP contribution in [0, 0.1) is 20.8 Å². The first kappa shape index (κ1) is 13.2. The third-order valence-corrected chi connectivity index (χ3v) is 4.33. The van der Waals surface area contributed by atoms with Crippen molar-refractivity contribution in [3.63, 3.8) is 0 Å². The molecule has 0 aliphatic heterocycles. The summed E-state index contributed by atoms with van der Waals surface area (Å²) < 4.78 is 2.29. The van der Waals surface area contributed by atoms with Gasteiger partial charge in [0.2, 0.25) is 0 Å². The SMILES string of the molecule is Cc1cc(C)c(N)c(-c2nnc(C)n2C2CCCC2)c1. The fraction of sp³-hybridized carbons (Fsp3) is 0.500. The molecule has 4 heteroatoms. The number of nitrogen functional groups attached to an aromatic ring is 1. The van der Waals surface area contributed by atoms with E-state index in [1.54, 1.807) is 0 Å². The summed E-state index contributed by atoms with van der Waals surface area (Å²) in [6.45, 7) is 6.18. The molecule has 1 aromatic carbocycles. The van der Waals surface area contributed by atoms with E-state index in [1.165, 1.54) is 31.2 Å². The summed E-state index contributed by atoms with van der Waals surface area (Å²) in [5.74, 6) is 1.92. The van der Waals surface area contributed by atoms with Crippen molar-refractivity contribution in [2.24, 2.45) is 0 Å². The molecular weight excluding hydrogens is 248 g/mol. The van der Waals surface area contributed by atoms with Gasteiger partial charge in [0.1, 0.15) is 5.82 Å². The number of nitrogens with two attached hydrogens (primary N) is 1. The molecule has 2 aromatic rings. The molecular formula is C16H22N4. The van der Waals surface area contributed by atoms with E-state index in [0.29, 0.717) is 6.04 Å². The van der Waals surface area contributed by atoms with Gasteiger partial charge in [0.05, 0.1) is 0 Å². The zero-order valence-corrected chi connectivity index (χ0v) is 12.5. The Labute approximate surface area is 120 Å². The van der Waals surface area contributed by atoms with E-state index in [9.17, 15) is 0 Å². The fourth-order valence-electron chi connectivity index (χ4n) is 3.32. The molecule has 2 N–H and O–H groups in total. The van der Waals surface area contributed by atoms with Crippen LogP contribution < -0.4 is 5.73 Å². The van der Waals surface area contributed by atoms with E-state index in [2.05, 4.69) is 40.7 Å². The van der Waals surface area contributed by atoms with Gasteiger partial charge in [-0.3, -0.25) is 0 Å². The first-order valence-electron chi connectivity index (χ1n) is 7.36. The average molecular weight is 270 g/mol. The number of rotatable bonds is 2. The number of hydrogen-bond acceptors (Lipinski definition) is 3. The summed E-state index contributed by atoms with van der Waals surface area (Å²) in [6.07, 6.45) is 5.03. The molecule has 106 valence electrons. The minimum absolute atomic E-state index is 0.528. The van der Waals surface area contributed by atoms with E-state index < -0.39 is 0 Å². The molecule has 0 atom stereocenters. The van der Waals surface area contributed by atoms with Crippen molar-refractivity contribution in [3.05, 3.63) is 29.1 Å². The van der Waals surface area contributed by atoms with Gasteiger partial charge in [0.25, 0.3) is 0 Å². The van der Waals surface area contributed by atoms with Gasteiger partial charge in [-0.2, -0.15) is 0 Å². The number of aromatic nitrogens is 3. The highest BCUT2D eigenvalue weighted by atomic mass is 15.3. The monoisotopic (exact) mass is 270 g/mol. The Morgan fingerprint density at radius 1 is 1.10 bits per heavy atom. The van der Waals surface area contributed by atoms with Crippen LogP contribution in [-0.4, -0.2) is 14.8 Å². The predicted octanol–water partition coefficient (Wildman–Crippen LogP) is 3.57. The Morgan fingerprint density at radius 3 is 2.50 bits per heavy atom. The lowest BCUT2D eigenvalue weighted by atomic mass is 10.0. The Morgan fingerprint density at radius 2 is 1.80 bits per heavy atom. The quantitative estimate of drug-likeness (QED) is 0.849. The molecule has 0 bridgehead atoms. The molecule has 4 nitrogen and oxygen atoms in total. The summed E-state index contributed by atoms with van der Waals surface area (Å²) in [4.78, 5) is 0. The van der Waals surface area contributed by atoms with Crippen molar-refractivity contribution in [1.29, 1.82) is 0 Å². The molecule has 1 aliphatic rings. The highest BCUT2D eigenvalue weighted by molar-refractivity contribution is 5.75. The van der Waals surface area contributed by atoms with E-state index in [1.807, 2.05) is 6.92 Å². The van der Waals surface area contributed by atoms with Crippen molar-refractivity contribution < 1.29 is 0 Å². The van der Waals surface area contributed by atoms with Crippen LogP contribution in [0.15, 0.2) is 12.1 Å². The molecule has 1 saturated carbocycles. The first-order valence-corrected chi connectivity index (χ1v) is 7.36. The largest absolute Gasteiger partial charge is 0.398 e. The second-order valence-corrected chi connectivity index (χ2v) is 5.92. The molecule has 1 aliphatic carbocycles. The van der Waals surface area contributed by atoms with Crippen LogP contribution in [0.1, 0.15) is 48.7 Å². The molecule has 0 unspecified atom stereocenters. The van der Waals surface area contributed by atoms with Crippen molar-refractivity contribution in [2.75, 3.05) is 5.73 Å². The number of hydrogen-bond donors (Lipinski definition) is 1. The summed E-state index contributed by atoms with van der Waals surface area (Å²) in [5.41, 5.74) is 10.4. The van der Waals surface area contributed by atoms with Crippen molar-refractivity contribution >= 4 is 5.69 Å². The van der Waals surface area contributed by atoms with Crippen LogP contribution in [-0.2, 0) is 0 Å². The standard InChI is InChI=1S/C16H22N4/c1-10-8-11(2)15(17)14(9-10)16-19-18-12(3)20(16)13-6-4-5-7-13/h8-9,13H,4-7,17H2,1-3H3. The van der Waals surface area contributed by atoms with Crippen molar-refractivity contribution in [2.45, 2.75) is 52.5 Å². The number of nitrogens with zero attached hydrogens (tertiary/aromatic N) is 3. The highest BCUT2D eigenvalue weighted by Gasteiger charge is 2.24. The van der Waals surface area contributed by atoms with Crippen LogP contribution in [0.4, 0.5) is 5.69 Å². The zero-order chi connectivity index (χ0) is 14.3. The van der Waals surface area contributed by atoms with Gasteiger partial charge in [-0.1, -0.05) is 18.9 Å². The number of aryl methyl sites for hydroxylation is 3. The van der Waals surface area contributed by atoms with E-state index in [-0.39, 0.29) is 0 Å². The van der Waals surface area contributed by atoms with Gasteiger partial charge in [0.15, 0.2) is 5.82 Å². The van der Waals surface area contributed by atoms with Gasteiger partial charge < -0.3 is 10.3 Å². The predicted molar refractivity (Wildman–Crippen MR) is 81.6 cm³/mol. The molecule has 1 fully saturated rings. The topological polar surface area (TPSA) is 56.7 Å². The van der Waals surface area contributed by atoms with Crippen molar-refractivity contribution in [1.82, 2.24) is 14.8 Å². The maximum absolute atomic E-state index is 6.28. The van der Waals surface area contributed by atoms with E-state index >= 15 is 0 Å². The van der Waals surface area contributed by atoms with E-state index in [0.717, 1.165) is 28.5 Å². The van der Waals surface area contributed by atoms with Crippen LogP contribution in [0.2, 0.25) is 0 Å². The average Bonchev–Trinajstić information content (AvgIpc) is 3.02. The van der Waals surface area contributed by atoms with Gasteiger partial charge in [-0.05, 0) is 50.8 Å². The normalized spacial score (nSPS) is 15.9.